The van der Waals surface area contributed by atoms with Crippen molar-refractivity contribution in [2.24, 2.45) is 0 Å². The molecule has 0 bridgehead atoms. The Labute approximate surface area is 115 Å². The maximum Gasteiger partial charge on any atom is 0.165 e. The SMILES string of the molecule is COc1cc(Br)c2c(c1OC)C(Cl)CC2(C)C. The van der Waals surface area contributed by atoms with Crippen molar-refractivity contribution in [1.82, 2.24) is 0 Å². The molecule has 1 aliphatic carbocycles. The Balaban J connectivity index is 2.76. The van der Waals surface area contributed by atoms with Crippen LogP contribution in [0, 0.1) is 0 Å². The Bertz CT molecular complexity index is 457. The van der Waals surface area contributed by atoms with E-state index in [1.165, 1.54) is 5.56 Å². The molecule has 0 heterocycles. The minimum Gasteiger partial charge on any atom is -0.493 e. The molecule has 4 heteroatoms. The van der Waals surface area contributed by atoms with Crippen LogP contribution in [0.25, 0.3) is 0 Å². The lowest BCUT2D eigenvalue weighted by Gasteiger charge is -2.21. The van der Waals surface area contributed by atoms with E-state index in [2.05, 4.69) is 29.8 Å². The minimum atomic E-state index is -0.0265. The van der Waals surface area contributed by atoms with Crippen LogP contribution in [-0.4, -0.2) is 14.2 Å². The first-order valence-corrected chi connectivity index (χ1v) is 6.74. The average Bonchev–Trinajstić information content (AvgIpc) is 2.49. The van der Waals surface area contributed by atoms with E-state index in [1.807, 2.05) is 6.07 Å². The molecule has 0 fully saturated rings. The largest absolute Gasteiger partial charge is 0.493 e. The van der Waals surface area contributed by atoms with Crippen LogP contribution in [0.15, 0.2) is 10.5 Å². The van der Waals surface area contributed by atoms with E-state index in [9.17, 15) is 0 Å². The highest BCUT2D eigenvalue weighted by Gasteiger charge is 2.41. The van der Waals surface area contributed by atoms with Gasteiger partial charge in [0.05, 0.1) is 19.6 Å². The van der Waals surface area contributed by atoms with Crippen molar-refractivity contribution in [3.63, 3.8) is 0 Å². The zero-order valence-corrected chi connectivity index (χ0v) is 12.8. The lowest BCUT2D eigenvalue weighted by Crippen LogP contribution is -2.13. The third-order valence-electron chi connectivity index (χ3n) is 3.34. The fourth-order valence-corrected chi connectivity index (χ4v) is 4.18. The zero-order valence-electron chi connectivity index (χ0n) is 10.4. The first-order chi connectivity index (χ1) is 7.92. The number of rotatable bonds is 2. The van der Waals surface area contributed by atoms with Crippen molar-refractivity contribution in [3.05, 3.63) is 21.7 Å². The summed E-state index contributed by atoms with van der Waals surface area (Å²) in [6, 6.07) is 1.95. The second-order valence-corrected chi connectivity index (χ2v) is 6.32. The van der Waals surface area contributed by atoms with E-state index in [0.717, 1.165) is 28.0 Å². The molecule has 2 nitrogen and oxygen atoms in total. The van der Waals surface area contributed by atoms with Crippen LogP contribution in [0.3, 0.4) is 0 Å². The number of hydrogen-bond acceptors (Lipinski definition) is 2. The monoisotopic (exact) mass is 318 g/mol. The summed E-state index contributed by atoms with van der Waals surface area (Å²) in [5.74, 6) is 1.48. The van der Waals surface area contributed by atoms with Crippen LogP contribution in [-0.2, 0) is 5.41 Å². The maximum absolute atomic E-state index is 6.46. The van der Waals surface area contributed by atoms with Crippen LogP contribution in [0.1, 0.15) is 36.8 Å². The van der Waals surface area contributed by atoms with Gasteiger partial charge in [0.25, 0.3) is 0 Å². The topological polar surface area (TPSA) is 18.5 Å². The highest BCUT2D eigenvalue weighted by molar-refractivity contribution is 9.10. The molecule has 2 rings (SSSR count). The van der Waals surface area contributed by atoms with E-state index in [-0.39, 0.29) is 10.8 Å². The van der Waals surface area contributed by atoms with Gasteiger partial charge in [-0.15, -0.1) is 11.6 Å². The molecule has 1 aromatic rings. The maximum atomic E-state index is 6.46. The smallest absolute Gasteiger partial charge is 0.165 e. The highest BCUT2D eigenvalue weighted by atomic mass is 79.9. The van der Waals surface area contributed by atoms with Crippen LogP contribution in [0.5, 0.6) is 11.5 Å². The fraction of sp³-hybridized carbons (Fsp3) is 0.538. The van der Waals surface area contributed by atoms with Crippen LogP contribution >= 0.6 is 27.5 Å². The first kappa shape index (κ1) is 13.0. The molecular formula is C13H16BrClO2. The third kappa shape index (κ3) is 1.93. The molecule has 94 valence electrons. The Hall–Kier alpha value is -0.410. The van der Waals surface area contributed by atoms with Crippen molar-refractivity contribution in [3.8, 4) is 11.5 Å². The summed E-state index contributed by atoms with van der Waals surface area (Å²) >= 11 is 10.1. The van der Waals surface area contributed by atoms with E-state index >= 15 is 0 Å². The Morgan fingerprint density at radius 1 is 1.35 bits per heavy atom. The van der Waals surface area contributed by atoms with E-state index in [1.54, 1.807) is 14.2 Å². The van der Waals surface area contributed by atoms with Gasteiger partial charge in [0.1, 0.15) is 0 Å². The van der Waals surface area contributed by atoms with Gasteiger partial charge in [0.2, 0.25) is 0 Å². The molecule has 0 saturated heterocycles. The molecule has 0 saturated carbocycles. The fourth-order valence-electron chi connectivity index (χ4n) is 2.63. The normalized spacial score (nSPS) is 21.2. The standard InChI is InChI=1S/C13H16BrClO2/c1-13(2)6-8(15)10-11(13)7(14)5-9(16-3)12(10)17-4/h5,8H,6H2,1-4H3. The van der Waals surface area contributed by atoms with Crippen molar-refractivity contribution in [2.75, 3.05) is 14.2 Å². The van der Waals surface area contributed by atoms with Gasteiger partial charge in [-0.2, -0.15) is 0 Å². The van der Waals surface area contributed by atoms with Gasteiger partial charge in [-0.1, -0.05) is 29.8 Å². The van der Waals surface area contributed by atoms with E-state index in [4.69, 9.17) is 21.1 Å². The lowest BCUT2D eigenvalue weighted by atomic mass is 9.86. The predicted molar refractivity (Wildman–Crippen MR) is 73.5 cm³/mol. The molecule has 0 aliphatic heterocycles. The van der Waals surface area contributed by atoms with Gasteiger partial charge in [-0.05, 0) is 23.5 Å². The molecule has 0 radical (unpaired) electrons. The Morgan fingerprint density at radius 2 is 2.00 bits per heavy atom. The van der Waals surface area contributed by atoms with Gasteiger partial charge in [0, 0.05) is 10.0 Å². The zero-order chi connectivity index (χ0) is 12.8. The molecule has 1 aliphatic rings. The number of fused-ring (bicyclic) bond motifs is 1. The third-order valence-corrected chi connectivity index (χ3v) is 4.34. The van der Waals surface area contributed by atoms with Gasteiger partial charge in [0.15, 0.2) is 11.5 Å². The summed E-state index contributed by atoms with van der Waals surface area (Å²) in [5, 5.41) is -0.0265. The van der Waals surface area contributed by atoms with Crippen molar-refractivity contribution < 1.29 is 9.47 Å². The Kier molecular flexibility index (Phi) is 3.34. The van der Waals surface area contributed by atoms with Gasteiger partial charge >= 0.3 is 0 Å². The van der Waals surface area contributed by atoms with Gasteiger partial charge in [-0.3, -0.25) is 0 Å². The van der Waals surface area contributed by atoms with Gasteiger partial charge in [-0.25, -0.2) is 0 Å². The van der Waals surface area contributed by atoms with Crippen molar-refractivity contribution in [2.45, 2.75) is 31.1 Å². The van der Waals surface area contributed by atoms with Crippen LogP contribution < -0.4 is 9.47 Å². The summed E-state index contributed by atoms with van der Waals surface area (Å²) in [4.78, 5) is 0. The Morgan fingerprint density at radius 3 is 2.53 bits per heavy atom. The summed E-state index contributed by atoms with van der Waals surface area (Å²) in [5.41, 5.74) is 2.35. The average molecular weight is 320 g/mol. The van der Waals surface area contributed by atoms with Crippen molar-refractivity contribution in [1.29, 1.82) is 0 Å². The van der Waals surface area contributed by atoms with E-state index in [0.29, 0.717) is 0 Å². The molecule has 1 unspecified atom stereocenters. The second kappa shape index (κ2) is 4.36. The summed E-state index contributed by atoms with van der Waals surface area (Å²) in [6.45, 7) is 4.40. The molecule has 1 atom stereocenters. The minimum absolute atomic E-state index is 0.0265. The van der Waals surface area contributed by atoms with Crippen LogP contribution in [0.4, 0.5) is 0 Å². The highest BCUT2D eigenvalue weighted by Crippen LogP contribution is 2.56. The number of methoxy groups -OCH3 is 2. The number of halogens is 2. The molecule has 17 heavy (non-hydrogen) atoms. The molecule has 0 aromatic heterocycles. The lowest BCUT2D eigenvalue weighted by molar-refractivity contribution is 0.351. The van der Waals surface area contributed by atoms with Crippen molar-refractivity contribution >= 4 is 27.5 Å². The quantitative estimate of drug-likeness (QED) is 0.751. The molecule has 0 amide bonds. The number of hydrogen-bond donors (Lipinski definition) is 0. The summed E-state index contributed by atoms with van der Waals surface area (Å²) in [6.07, 6.45) is 0.909. The number of benzene rings is 1. The summed E-state index contributed by atoms with van der Waals surface area (Å²) < 4.78 is 11.9. The predicted octanol–water partition coefficient (Wildman–Crippen LogP) is 4.43. The molecular weight excluding hydrogens is 303 g/mol. The first-order valence-electron chi connectivity index (χ1n) is 5.51. The molecule has 0 N–H and O–H groups in total. The second-order valence-electron chi connectivity index (χ2n) is 4.94. The van der Waals surface area contributed by atoms with Gasteiger partial charge < -0.3 is 9.47 Å². The number of ether oxygens (including phenoxy) is 2. The van der Waals surface area contributed by atoms with E-state index < -0.39 is 0 Å². The molecule has 0 spiro atoms. The van der Waals surface area contributed by atoms with Crippen LogP contribution in [0.2, 0.25) is 0 Å². The number of alkyl halides is 1. The summed E-state index contributed by atoms with van der Waals surface area (Å²) in [7, 11) is 3.29. The molecule has 1 aromatic carbocycles.